The van der Waals surface area contributed by atoms with Gasteiger partial charge in [0.25, 0.3) is 5.91 Å². The molecular weight excluding hydrogens is 328 g/mol. The van der Waals surface area contributed by atoms with E-state index in [-0.39, 0.29) is 23.5 Å². The lowest BCUT2D eigenvalue weighted by Crippen LogP contribution is -2.15. The van der Waals surface area contributed by atoms with Gasteiger partial charge < -0.3 is 9.73 Å². The minimum Gasteiger partial charge on any atom is -0.431 e. The van der Waals surface area contributed by atoms with Crippen LogP contribution < -0.4 is 10.6 Å². The molecule has 1 aliphatic rings. The molecule has 0 radical (unpaired) electrons. The molecular formula is C16H14N4O3S. The lowest BCUT2D eigenvalue weighted by Gasteiger charge is -2.02. The first kappa shape index (κ1) is 14.8. The number of nitrogens with zero attached hydrogens (tertiary/aromatic N) is 2. The molecule has 2 heterocycles. The van der Waals surface area contributed by atoms with E-state index >= 15 is 0 Å². The molecule has 1 aliphatic carbocycles. The Morgan fingerprint density at radius 3 is 2.88 bits per heavy atom. The third-order valence-electron chi connectivity index (χ3n) is 3.67. The number of anilines is 2. The molecule has 24 heavy (non-hydrogen) atoms. The van der Waals surface area contributed by atoms with Crippen molar-refractivity contribution in [1.29, 1.82) is 0 Å². The third-order valence-corrected chi connectivity index (χ3v) is 4.62. The summed E-state index contributed by atoms with van der Waals surface area (Å²) in [6, 6.07) is 5.59. The molecule has 122 valence electrons. The summed E-state index contributed by atoms with van der Waals surface area (Å²) in [6.07, 6.45) is 3.00. The van der Waals surface area contributed by atoms with Crippen LogP contribution in [-0.4, -0.2) is 21.8 Å². The molecule has 8 heteroatoms. The highest BCUT2D eigenvalue weighted by atomic mass is 32.1. The molecule has 0 unspecified atom stereocenters. The van der Waals surface area contributed by atoms with Gasteiger partial charge in [-0.2, -0.15) is 4.98 Å². The van der Waals surface area contributed by atoms with Crippen LogP contribution in [0.3, 0.4) is 0 Å². The summed E-state index contributed by atoms with van der Waals surface area (Å²) in [6.45, 7) is 1.94. The normalized spacial score (nSPS) is 13.9. The predicted molar refractivity (Wildman–Crippen MR) is 90.2 cm³/mol. The minimum atomic E-state index is -0.406. The number of amides is 2. The SMILES string of the molecule is Cc1nc2cc(NC(=O)c3coc(NC(=O)C4CC4)n3)ccc2s1. The zero-order chi connectivity index (χ0) is 16.7. The first-order valence-electron chi connectivity index (χ1n) is 7.53. The minimum absolute atomic E-state index is 0.0440. The number of carbonyl (C=O) groups is 2. The fourth-order valence-corrected chi connectivity index (χ4v) is 3.11. The quantitative estimate of drug-likeness (QED) is 0.759. The summed E-state index contributed by atoms with van der Waals surface area (Å²) in [7, 11) is 0. The van der Waals surface area contributed by atoms with Crippen molar-refractivity contribution in [2.24, 2.45) is 5.92 Å². The molecule has 4 rings (SSSR count). The number of rotatable bonds is 4. The molecule has 1 aromatic carbocycles. The van der Waals surface area contributed by atoms with Crippen LogP contribution in [0.15, 0.2) is 28.9 Å². The predicted octanol–water partition coefficient (Wildman–Crippen LogP) is 3.19. The van der Waals surface area contributed by atoms with Crippen LogP contribution in [0.4, 0.5) is 11.7 Å². The highest BCUT2D eigenvalue weighted by Gasteiger charge is 2.30. The van der Waals surface area contributed by atoms with E-state index in [9.17, 15) is 9.59 Å². The Kier molecular flexibility index (Phi) is 3.53. The van der Waals surface area contributed by atoms with Crippen molar-refractivity contribution in [3.05, 3.63) is 35.2 Å². The summed E-state index contributed by atoms with van der Waals surface area (Å²) in [5.41, 5.74) is 1.58. The molecule has 2 amide bonds. The van der Waals surface area contributed by atoms with E-state index in [1.165, 1.54) is 6.26 Å². The number of nitrogens with one attached hydrogen (secondary N) is 2. The van der Waals surface area contributed by atoms with Crippen LogP contribution in [0.1, 0.15) is 28.3 Å². The van der Waals surface area contributed by atoms with Crippen molar-refractivity contribution in [1.82, 2.24) is 9.97 Å². The number of hydrogen-bond donors (Lipinski definition) is 2. The van der Waals surface area contributed by atoms with E-state index in [1.807, 2.05) is 25.1 Å². The zero-order valence-corrected chi connectivity index (χ0v) is 13.6. The molecule has 0 bridgehead atoms. The number of benzene rings is 1. The maximum Gasteiger partial charge on any atom is 0.302 e. The number of hydrogen-bond acceptors (Lipinski definition) is 6. The summed E-state index contributed by atoms with van der Waals surface area (Å²) < 4.78 is 6.20. The fraction of sp³-hybridized carbons (Fsp3) is 0.250. The molecule has 2 aromatic heterocycles. The summed E-state index contributed by atoms with van der Waals surface area (Å²) in [5.74, 6) is -0.479. The van der Waals surface area contributed by atoms with Gasteiger partial charge in [-0.05, 0) is 38.0 Å². The smallest absolute Gasteiger partial charge is 0.302 e. The largest absolute Gasteiger partial charge is 0.431 e. The number of aryl methyl sites for hydroxylation is 1. The van der Waals surface area contributed by atoms with E-state index in [1.54, 1.807) is 11.3 Å². The van der Waals surface area contributed by atoms with E-state index in [0.29, 0.717) is 5.69 Å². The number of thiazole rings is 1. The first-order valence-corrected chi connectivity index (χ1v) is 8.35. The zero-order valence-electron chi connectivity index (χ0n) is 12.8. The molecule has 0 aliphatic heterocycles. The van der Waals surface area contributed by atoms with Crippen molar-refractivity contribution >= 4 is 45.1 Å². The van der Waals surface area contributed by atoms with Gasteiger partial charge in [0.05, 0.1) is 15.2 Å². The molecule has 1 saturated carbocycles. The summed E-state index contributed by atoms with van der Waals surface area (Å²) in [4.78, 5) is 32.3. The van der Waals surface area contributed by atoms with Crippen LogP contribution in [0.2, 0.25) is 0 Å². The second-order valence-corrected chi connectivity index (χ2v) is 6.91. The van der Waals surface area contributed by atoms with Crippen molar-refractivity contribution in [3.63, 3.8) is 0 Å². The Labute approximate surface area is 141 Å². The lowest BCUT2D eigenvalue weighted by atomic mass is 10.3. The molecule has 1 fully saturated rings. The maximum absolute atomic E-state index is 12.2. The van der Waals surface area contributed by atoms with E-state index in [2.05, 4.69) is 20.6 Å². The first-order chi connectivity index (χ1) is 11.6. The van der Waals surface area contributed by atoms with E-state index in [4.69, 9.17) is 4.42 Å². The van der Waals surface area contributed by atoms with Gasteiger partial charge in [0.15, 0.2) is 5.69 Å². The summed E-state index contributed by atoms with van der Waals surface area (Å²) >= 11 is 1.60. The van der Waals surface area contributed by atoms with E-state index in [0.717, 1.165) is 28.1 Å². The van der Waals surface area contributed by atoms with Gasteiger partial charge in [-0.25, -0.2) is 4.98 Å². The average molecular weight is 342 g/mol. The van der Waals surface area contributed by atoms with Crippen molar-refractivity contribution in [2.45, 2.75) is 19.8 Å². The Morgan fingerprint density at radius 1 is 1.25 bits per heavy atom. The number of oxazole rings is 1. The standard InChI is InChI=1S/C16H14N4O3S/c1-8-17-11-6-10(4-5-13(11)24-8)18-15(22)12-7-23-16(19-12)20-14(21)9-2-3-9/h4-7,9H,2-3H2,1H3,(H,18,22)(H,19,20,21). The van der Waals surface area contributed by atoms with Gasteiger partial charge >= 0.3 is 6.01 Å². The second kappa shape index (κ2) is 5.72. The maximum atomic E-state index is 12.2. The number of carbonyl (C=O) groups excluding carboxylic acids is 2. The van der Waals surface area contributed by atoms with Crippen molar-refractivity contribution < 1.29 is 14.0 Å². The Hall–Kier alpha value is -2.74. The molecule has 2 N–H and O–H groups in total. The monoisotopic (exact) mass is 342 g/mol. The molecule has 0 spiro atoms. The third kappa shape index (κ3) is 3.00. The highest BCUT2D eigenvalue weighted by Crippen LogP contribution is 2.30. The van der Waals surface area contributed by atoms with Gasteiger partial charge in [0.1, 0.15) is 6.26 Å². The Morgan fingerprint density at radius 2 is 2.08 bits per heavy atom. The highest BCUT2D eigenvalue weighted by molar-refractivity contribution is 7.18. The lowest BCUT2D eigenvalue weighted by molar-refractivity contribution is -0.117. The fourth-order valence-electron chi connectivity index (χ4n) is 2.30. The Bertz CT molecular complexity index is 942. The summed E-state index contributed by atoms with van der Waals surface area (Å²) in [5, 5.41) is 6.29. The van der Waals surface area contributed by atoms with Crippen LogP contribution in [0, 0.1) is 12.8 Å². The van der Waals surface area contributed by atoms with Crippen LogP contribution in [0.25, 0.3) is 10.2 Å². The number of fused-ring (bicyclic) bond motifs is 1. The second-order valence-electron chi connectivity index (χ2n) is 5.67. The van der Waals surface area contributed by atoms with Gasteiger partial charge in [0.2, 0.25) is 5.91 Å². The van der Waals surface area contributed by atoms with Crippen molar-refractivity contribution in [3.8, 4) is 0 Å². The van der Waals surface area contributed by atoms with E-state index < -0.39 is 5.91 Å². The average Bonchev–Trinajstić information content (AvgIpc) is 3.19. The van der Waals surface area contributed by atoms with Gasteiger partial charge in [0, 0.05) is 11.6 Å². The van der Waals surface area contributed by atoms with Crippen LogP contribution in [0.5, 0.6) is 0 Å². The Balaban J connectivity index is 1.46. The topological polar surface area (TPSA) is 97.1 Å². The van der Waals surface area contributed by atoms with Gasteiger partial charge in [-0.1, -0.05) is 0 Å². The van der Waals surface area contributed by atoms with Gasteiger partial charge in [-0.15, -0.1) is 11.3 Å². The van der Waals surface area contributed by atoms with Gasteiger partial charge in [-0.3, -0.25) is 14.9 Å². The van der Waals surface area contributed by atoms with Crippen LogP contribution in [-0.2, 0) is 4.79 Å². The molecule has 0 saturated heterocycles. The van der Waals surface area contributed by atoms with Crippen LogP contribution >= 0.6 is 11.3 Å². The molecule has 3 aromatic rings. The van der Waals surface area contributed by atoms with Crippen molar-refractivity contribution in [2.75, 3.05) is 10.6 Å². The molecule has 7 nitrogen and oxygen atoms in total. The number of aromatic nitrogens is 2. The molecule has 0 atom stereocenters.